The molecule has 2 aliphatic rings. The molecular formula is C16H24N4O. The number of urea groups is 1. The van der Waals surface area contributed by atoms with Gasteiger partial charge in [0.15, 0.2) is 0 Å². The van der Waals surface area contributed by atoms with Crippen molar-refractivity contribution in [1.29, 1.82) is 0 Å². The largest absolute Gasteiger partial charge is 0.362 e. The molecule has 0 saturated heterocycles. The lowest BCUT2D eigenvalue weighted by atomic mass is 9.95. The molecule has 21 heavy (non-hydrogen) atoms. The normalized spacial score (nSPS) is 26.7. The third kappa shape index (κ3) is 3.12. The molecule has 2 saturated carbocycles. The zero-order chi connectivity index (χ0) is 14.8. The van der Waals surface area contributed by atoms with Gasteiger partial charge in [-0.3, -0.25) is 0 Å². The van der Waals surface area contributed by atoms with E-state index in [1.165, 1.54) is 19.3 Å². The van der Waals surface area contributed by atoms with Gasteiger partial charge in [0.1, 0.15) is 5.82 Å². The first kappa shape index (κ1) is 14.2. The van der Waals surface area contributed by atoms with Crippen LogP contribution < -0.4 is 15.5 Å². The third-order valence-electron chi connectivity index (χ3n) is 4.79. The summed E-state index contributed by atoms with van der Waals surface area (Å²) < 4.78 is 0. The number of anilines is 1. The maximum atomic E-state index is 12.1. The molecule has 0 aromatic carbocycles. The highest BCUT2D eigenvalue weighted by Crippen LogP contribution is 2.44. The number of carbonyl (C=O) groups is 1. The average Bonchev–Trinajstić information content (AvgIpc) is 3.08. The van der Waals surface area contributed by atoms with Crippen LogP contribution in [0.4, 0.5) is 10.6 Å². The van der Waals surface area contributed by atoms with Crippen molar-refractivity contribution in [2.45, 2.75) is 38.3 Å². The van der Waals surface area contributed by atoms with E-state index in [-0.39, 0.29) is 6.03 Å². The van der Waals surface area contributed by atoms with Crippen molar-refractivity contribution in [1.82, 2.24) is 15.6 Å². The van der Waals surface area contributed by atoms with Gasteiger partial charge in [0, 0.05) is 38.4 Å². The summed E-state index contributed by atoms with van der Waals surface area (Å²) in [6.45, 7) is 0.508. The number of amides is 2. The van der Waals surface area contributed by atoms with Gasteiger partial charge in [0.2, 0.25) is 0 Å². The minimum Gasteiger partial charge on any atom is -0.362 e. The zero-order valence-electron chi connectivity index (χ0n) is 12.8. The topological polar surface area (TPSA) is 57.3 Å². The number of nitrogens with one attached hydrogen (secondary N) is 2. The van der Waals surface area contributed by atoms with Crippen LogP contribution in [0.2, 0.25) is 0 Å². The van der Waals surface area contributed by atoms with Crippen molar-refractivity contribution in [3.8, 4) is 0 Å². The fraction of sp³-hybridized carbons (Fsp3) is 0.625. The van der Waals surface area contributed by atoms with E-state index in [1.807, 2.05) is 31.1 Å². The van der Waals surface area contributed by atoms with Gasteiger partial charge in [-0.1, -0.05) is 12.5 Å². The molecule has 2 amide bonds. The molecule has 2 aliphatic carbocycles. The number of pyridine rings is 1. The van der Waals surface area contributed by atoms with E-state index in [0.717, 1.165) is 23.7 Å². The van der Waals surface area contributed by atoms with Gasteiger partial charge < -0.3 is 15.5 Å². The van der Waals surface area contributed by atoms with E-state index in [4.69, 9.17) is 0 Å². The molecule has 114 valence electrons. The van der Waals surface area contributed by atoms with Crippen molar-refractivity contribution >= 4 is 11.8 Å². The van der Waals surface area contributed by atoms with Crippen molar-refractivity contribution in [3.63, 3.8) is 0 Å². The smallest absolute Gasteiger partial charge is 0.315 e. The van der Waals surface area contributed by atoms with Crippen LogP contribution in [0.3, 0.4) is 0 Å². The van der Waals surface area contributed by atoms with Crippen LogP contribution in [-0.4, -0.2) is 31.2 Å². The van der Waals surface area contributed by atoms with Crippen molar-refractivity contribution in [2.24, 2.45) is 11.8 Å². The Bertz CT molecular complexity index is 517. The summed E-state index contributed by atoms with van der Waals surface area (Å²) >= 11 is 0. The minimum absolute atomic E-state index is 0.0545. The van der Waals surface area contributed by atoms with E-state index in [2.05, 4.69) is 15.6 Å². The first-order valence-corrected chi connectivity index (χ1v) is 7.79. The van der Waals surface area contributed by atoms with Gasteiger partial charge in [0.25, 0.3) is 0 Å². The summed E-state index contributed by atoms with van der Waals surface area (Å²) in [6, 6.07) is 4.23. The van der Waals surface area contributed by atoms with Crippen molar-refractivity contribution < 1.29 is 4.79 Å². The van der Waals surface area contributed by atoms with E-state index in [9.17, 15) is 4.79 Å². The molecule has 0 unspecified atom stereocenters. The Hall–Kier alpha value is -1.78. The summed E-state index contributed by atoms with van der Waals surface area (Å²) in [5.74, 6) is 2.45. The van der Waals surface area contributed by atoms with Gasteiger partial charge in [-0.25, -0.2) is 9.78 Å². The highest BCUT2D eigenvalue weighted by molar-refractivity contribution is 5.74. The molecule has 5 nitrogen and oxygen atoms in total. The molecule has 2 N–H and O–H groups in total. The lowest BCUT2D eigenvalue weighted by Gasteiger charge is -2.23. The fourth-order valence-corrected chi connectivity index (χ4v) is 3.79. The van der Waals surface area contributed by atoms with Gasteiger partial charge in [-0.15, -0.1) is 0 Å². The van der Waals surface area contributed by atoms with E-state index < -0.39 is 0 Å². The fourth-order valence-electron chi connectivity index (χ4n) is 3.79. The van der Waals surface area contributed by atoms with Gasteiger partial charge in [-0.05, 0) is 37.2 Å². The molecule has 5 heteroatoms. The van der Waals surface area contributed by atoms with Crippen LogP contribution in [0.1, 0.15) is 31.2 Å². The number of hydrogen-bond acceptors (Lipinski definition) is 3. The highest BCUT2D eigenvalue weighted by atomic mass is 16.2. The van der Waals surface area contributed by atoms with Gasteiger partial charge in [0.05, 0.1) is 0 Å². The zero-order valence-corrected chi connectivity index (χ0v) is 12.8. The Labute approximate surface area is 126 Å². The second-order valence-electron chi connectivity index (χ2n) is 6.49. The minimum atomic E-state index is -0.0545. The van der Waals surface area contributed by atoms with Crippen LogP contribution in [0.5, 0.6) is 0 Å². The van der Waals surface area contributed by atoms with Crippen LogP contribution in [0.15, 0.2) is 18.3 Å². The second-order valence-corrected chi connectivity index (χ2v) is 6.49. The predicted molar refractivity (Wildman–Crippen MR) is 83.2 cm³/mol. The molecule has 3 atom stereocenters. The van der Waals surface area contributed by atoms with Gasteiger partial charge in [-0.2, -0.15) is 0 Å². The summed E-state index contributed by atoms with van der Waals surface area (Å²) in [7, 11) is 3.92. The molecule has 0 aliphatic heterocycles. The molecule has 1 aromatic rings. The number of carbonyl (C=O) groups excluding carboxylic acids is 1. The number of nitrogens with zero attached hydrogens (tertiary/aromatic N) is 2. The summed E-state index contributed by atoms with van der Waals surface area (Å²) in [6.07, 6.45) is 6.87. The average molecular weight is 288 g/mol. The van der Waals surface area contributed by atoms with Gasteiger partial charge >= 0.3 is 6.03 Å². The quantitative estimate of drug-likeness (QED) is 0.892. The Balaban J connectivity index is 1.52. The third-order valence-corrected chi connectivity index (χ3v) is 4.79. The SMILES string of the molecule is CN(C)c1ncccc1CNC(=O)N[C@@H]1C[C@H]2CC[C@H]1C2. The van der Waals surface area contributed by atoms with Crippen LogP contribution in [0.25, 0.3) is 0 Å². The predicted octanol–water partition coefficient (Wildman–Crippen LogP) is 2.14. The maximum Gasteiger partial charge on any atom is 0.315 e. The van der Waals surface area contributed by atoms with Crippen LogP contribution in [-0.2, 0) is 6.54 Å². The first-order valence-electron chi connectivity index (χ1n) is 7.79. The number of rotatable bonds is 4. The van der Waals surface area contributed by atoms with Crippen LogP contribution >= 0.6 is 0 Å². The standard InChI is InChI=1S/C16H24N4O/c1-20(2)15-13(4-3-7-17-15)10-18-16(21)19-14-9-11-5-6-12(14)8-11/h3-4,7,11-12,14H,5-6,8-10H2,1-2H3,(H2,18,19,21)/t11-,12-,14+/m0/s1. The lowest BCUT2D eigenvalue weighted by Crippen LogP contribution is -2.44. The molecule has 3 rings (SSSR count). The molecule has 0 radical (unpaired) electrons. The summed E-state index contributed by atoms with van der Waals surface area (Å²) in [4.78, 5) is 18.4. The molecule has 1 aromatic heterocycles. The molecule has 0 spiro atoms. The molecule has 1 heterocycles. The van der Waals surface area contributed by atoms with Crippen molar-refractivity contribution in [3.05, 3.63) is 23.9 Å². The van der Waals surface area contributed by atoms with Crippen molar-refractivity contribution in [2.75, 3.05) is 19.0 Å². The number of aromatic nitrogens is 1. The number of fused-ring (bicyclic) bond motifs is 2. The summed E-state index contributed by atoms with van der Waals surface area (Å²) in [5.41, 5.74) is 1.03. The Morgan fingerprint density at radius 2 is 2.24 bits per heavy atom. The highest BCUT2D eigenvalue weighted by Gasteiger charge is 2.40. The first-order chi connectivity index (χ1) is 10.1. The Kier molecular flexibility index (Phi) is 3.99. The van der Waals surface area contributed by atoms with E-state index in [1.54, 1.807) is 6.20 Å². The Morgan fingerprint density at radius 1 is 1.38 bits per heavy atom. The van der Waals surface area contributed by atoms with Crippen LogP contribution in [0, 0.1) is 11.8 Å². The maximum absolute atomic E-state index is 12.1. The monoisotopic (exact) mass is 288 g/mol. The molecule has 2 fully saturated rings. The van der Waals surface area contributed by atoms with E-state index in [0.29, 0.717) is 18.5 Å². The van der Waals surface area contributed by atoms with E-state index >= 15 is 0 Å². The molecular weight excluding hydrogens is 264 g/mol. The number of hydrogen-bond donors (Lipinski definition) is 2. The molecule has 2 bridgehead atoms. The lowest BCUT2D eigenvalue weighted by molar-refractivity contribution is 0.230. The Morgan fingerprint density at radius 3 is 2.90 bits per heavy atom. The second kappa shape index (κ2) is 5.92. The summed E-state index contributed by atoms with van der Waals surface area (Å²) in [5, 5.41) is 6.11.